The van der Waals surface area contributed by atoms with Gasteiger partial charge in [0.25, 0.3) is 0 Å². The number of hydrogen-bond donors (Lipinski definition) is 0. The maximum atomic E-state index is 5.29. The number of para-hydroxylation sites is 1. The van der Waals surface area contributed by atoms with Gasteiger partial charge in [0.05, 0.1) is 23.1 Å². The third kappa shape index (κ3) is 6.20. The standard InChI is InChI=1S/C60H51N3/c1-60(2)53-26-14-13-21-47(53)48-38-33-43(39-54(48)60)57-49-22-9-11-24-51(49)58(52-25-12-10-23-50(52)57)62(45-34-29-41(30-35-45)40-17-5-3-6-18-40)46-36-31-42(32-37-46)59-61-55-27-15-16-28-56(55)63(59)44-19-7-4-8-20-44/h3-15,17-27,29-36,39,46,48-49,57H,16,28,37-38H2,1-2H3. The van der Waals surface area contributed by atoms with Gasteiger partial charge >= 0.3 is 0 Å². The van der Waals surface area contributed by atoms with E-state index in [4.69, 9.17) is 4.98 Å². The summed E-state index contributed by atoms with van der Waals surface area (Å²) in [5.74, 6) is 1.87. The molecular formula is C60H51N3. The lowest BCUT2D eigenvalue weighted by molar-refractivity contribution is 0.590. The number of aromatic nitrogens is 2. The Morgan fingerprint density at radius 2 is 1.43 bits per heavy atom. The van der Waals surface area contributed by atoms with Crippen LogP contribution in [0.1, 0.15) is 84.4 Å². The molecule has 0 fully saturated rings. The molecule has 63 heavy (non-hydrogen) atoms. The summed E-state index contributed by atoms with van der Waals surface area (Å²) in [4.78, 5) is 7.94. The highest BCUT2D eigenvalue weighted by Crippen LogP contribution is 2.57. The predicted molar refractivity (Wildman–Crippen MR) is 262 cm³/mol. The van der Waals surface area contributed by atoms with Crippen molar-refractivity contribution in [1.82, 2.24) is 9.55 Å². The second kappa shape index (κ2) is 15.1. The summed E-state index contributed by atoms with van der Waals surface area (Å²) in [5.41, 5.74) is 19.7. The molecule has 3 heteroatoms. The van der Waals surface area contributed by atoms with E-state index in [0.29, 0.717) is 5.92 Å². The number of benzene rings is 5. The first kappa shape index (κ1) is 37.8. The normalized spacial score (nSPS) is 22.3. The van der Waals surface area contributed by atoms with Crippen LogP contribution in [-0.4, -0.2) is 15.6 Å². The van der Waals surface area contributed by atoms with Crippen molar-refractivity contribution in [2.75, 3.05) is 4.90 Å². The van der Waals surface area contributed by atoms with Crippen molar-refractivity contribution < 1.29 is 0 Å². The Kier molecular flexibility index (Phi) is 9.07. The maximum absolute atomic E-state index is 5.29. The van der Waals surface area contributed by atoms with Crippen LogP contribution in [0.3, 0.4) is 0 Å². The van der Waals surface area contributed by atoms with Gasteiger partial charge in [-0.2, -0.15) is 0 Å². The molecule has 1 aromatic heterocycles. The lowest BCUT2D eigenvalue weighted by atomic mass is 9.66. The second-order valence-corrected chi connectivity index (χ2v) is 18.4. The summed E-state index contributed by atoms with van der Waals surface area (Å²) < 4.78 is 2.39. The number of fused-ring (bicyclic) bond motifs is 6. The minimum absolute atomic E-state index is 0.00221. The molecule has 0 aliphatic heterocycles. The summed E-state index contributed by atoms with van der Waals surface area (Å²) in [5, 5.41) is 0. The molecule has 0 spiro atoms. The molecule has 0 N–H and O–H groups in total. The van der Waals surface area contributed by atoms with Crippen molar-refractivity contribution >= 4 is 23.0 Å². The molecule has 0 amide bonds. The zero-order valence-corrected chi connectivity index (χ0v) is 36.0. The van der Waals surface area contributed by atoms with Crippen molar-refractivity contribution in [3.8, 4) is 16.8 Å². The van der Waals surface area contributed by atoms with Crippen molar-refractivity contribution in [2.24, 2.45) is 5.92 Å². The van der Waals surface area contributed by atoms with Gasteiger partial charge in [-0.25, -0.2) is 4.98 Å². The summed E-state index contributed by atoms with van der Waals surface area (Å²) >= 11 is 0. The molecule has 12 rings (SSSR count). The van der Waals surface area contributed by atoms with E-state index in [0.717, 1.165) is 42.9 Å². The van der Waals surface area contributed by atoms with Gasteiger partial charge in [0.1, 0.15) is 5.82 Å². The zero-order chi connectivity index (χ0) is 42.1. The first-order chi connectivity index (χ1) is 31.0. The topological polar surface area (TPSA) is 21.1 Å². The number of anilines is 1. The minimum Gasteiger partial charge on any atom is -0.333 e. The quantitative estimate of drug-likeness (QED) is 0.160. The van der Waals surface area contributed by atoms with E-state index in [2.05, 4.69) is 224 Å². The molecule has 4 atom stereocenters. The third-order valence-corrected chi connectivity index (χ3v) is 14.6. The highest BCUT2D eigenvalue weighted by Gasteiger charge is 2.45. The van der Waals surface area contributed by atoms with Crippen molar-refractivity contribution in [2.45, 2.75) is 62.8 Å². The SMILES string of the molecule is CC1(C)C2=CC(C3c4ccccc4C(N(c4ccc(-c5ccccc5)cc4)C4C=CC(c5nc6c(n5-c5ccccc5)CCC=C6)=CC4)=C4C=CC=CC43)=CCC2c2ccccc21. The van der Waals surface area contributed by atoms with Crippen LogP contribution in [0.2, 0.25) is 0 Å². The van der Waals surface area contributed by atoms with Gasteiger partial charge in [0, 0.05) is 45.7 Å². The fraction of sp³-hybridized carbons (Fsp3) is 0.183. The summed E-state index contributed by atoms with van der Waals surface area (Å²) in [6, 6.07) is 49.3. The molecule has 6 aromatic rings. The van der Waals surface area contributed by atoms with Gasteiger partial charge in [-0.15, -0.1) is 0 Å². The van der Waals surface area contributed by atoms with E-state index in [1.54, 1.807) is 5.57 Å². The van der Waals surface area contributed by atoms with E-state index in [-0.39, 0.29) is 23.3 Å². The highest BCUT2D eigenvalue weighted by atomic mass is 15.2. The van der Waals surface area contributed by atoms with Gasteiger partial charge in [-0.1, -0.05) is 189 Å². The lowest BCUT2D eigenvalue weighted by Gasteiger charge is -2.44. The molecule has 3 nitrogen and oxygen atoms in total. The van der Waals surface area contributed by atoms with Crippen LogP contribution >= 0.6 is 0 Å². The molecule has 5 aromatic carbocycles. The minimum atomic E-state index is -0.00221. The average molecular weight is 814 g/mol. The Morgan fingerprint density at radius 3 is 2.24 bits per heavy atom. The molecule has 0 radical (unpaired) electrons. The number of hydrogen-bond acceptors (Lipinski definition) is 2. The Balaban J connectivity index is 0.976. The molecule has 0 saturated heterocycles. The van der Waals surface area contributed by atoms with E-state index in [9.17, 15) is 0 Å². The van der Waals surface area contributed by atoms with E-state index >= 15 is 0 Å². The molecule has 0 bridgehead atoms. The van der Waals surface area contributed by atoms with Crippen LogP contribution in [-0.2, 0) is 11.8 Å². The first-order valence-electron chi connectivity index (χ1n) is 22.9. The summed E-state index contributed by atoms with van der Waals surface area (Å²) in [7, 11) is 0. The largest absolute Gasteiger partial charge is 0.333 e. The van der Waals surface area contributed by atoms with Gasteiger partial charge in [0.15, 0.2) is 0 Å². The highest BCUT2D eigenvalue weighted by molar-refractivity contribution is 5.90. The monoisotopic (exact) mass is 813 g/mol. The molecule has 1 heterocycles. The van der Waals surface area contributed by atoms with Gasteiger partial charge < -0.3 is 4.90 Å². The zero-order valence-electron chi connectivity index (χ0n) is 36.0. The number of imidazole rings is 1. The van der Waals surface area contributed by atoms with Crippen LogP contribution in [0.5, 0.6) is 0 Å². The van der Waals surface area contributed by atoms with E-state index < -0.39 is 0 Å². The van der Waals surface area contributed by atoms with Crippen LogP contribution in [0, 0.1) is 5.92 Å². The predicted octanol–water partition coefficient (Wildman–Crippen LogP) is 14.3. The fourth-order valence-corrected chi connectivity index (χ4v) is 11.7. The average Bonchev–Trinajstić information content (AvgIpc) is 3.84. The van der Waals surface area contributed by atoms with Gasteiger partial charge in [-0.3, -0.25) is 4.57 Å². The first-order valence-corrected chi connectivity index (χ1v) is 22.9. The fourth-order valence-electron chi connectivity index (χ4n) is 11.7. The Hall–Kier alpha value is -6.97. The smallest absolute Gasteiger partial charge is 0.145 e. The molecule has 6 aliphatic rings. The van der Waals surface area contributed by atoms with Crippen LogP contribution in [0.15, 0.2) is 211 Å². The van der Waals surface area contributed by atoms with E-state index in [1.165, 1.54) is 67.2 Å². The summed E-state index contributed by atoms with van der Waals surface area (Å²) in [6.07, 6.45) is 30.2. The Bertz CT molecular complexity index is 3030. The van der Waals surface area contributed by atoms with Crippen LogP contribution in [0.25, 0.3) is 34.2 Å². The Morgan fingerprint density at radius 1 is 0.683 bits per heavy atom. The number of nitrogens with zero attached hydrogens (tertiary/aromatic N) is 3. The van der Waals surface area contributed by atoms with Gasteiger partial charge in [-0.05, 0) is 95.0 Å². The number of allylic oxidation sites excluding steroid dienone is 12. The van der Waals surface area contributed by atoms with Crippen molar-refractivity contribution in [1.29, 1.82) is 0 Å². The van der Waals surface area contributed by atoms with Crippen molar-refractivity contribution in [3.63, 3.8) is 0 Å². The molecule has 0 saturated carbocycles. The van der Waals surface area contributed by atoms with Crippen molar-refractivity contribution in [3.05, 3.63) is 250 Å². The lowest BCUT2D eigenvalue weighted by Crippen LogP contribution is -2.37. The molecule has 306 valence electrons. The van der Waals surface area contributed by atoms with Crippen LogP contribution in [0.4, 0.5) is 5.69 Å². The van der Waals surface area contributed by atoms with E-state index in [1.807, 2.05) is 0 Å². The Labute approximate surface area is 371 Å². The number of rotatable bonds is 7. The summed E-state index contributed by atoms with van der Waals surface area (Å²) in [6.45, 7) is 4.86. The molecule has 4 unspecified atom stereocenters. The maximum Gasteiger partial charge on any atom is 0.145 e. The molecule has 6 aliphatic carbocycles. The van der Waals surface area contributed by atoms with Gasteiger partial charge in [0.2, 0.25) is 0 Å². The molecular weight excluding hydrogens is 763 g/mol. The van der Waals surface area contributed by atoms with Crippen LogP contribution < -0.4 is 4.90 Å². The third-order valence-electron chi connectivity index (χ3n) is 14.6. The second-order valence-electron chi connectivity index (χ2n) is 18.4.